The molecule has 0 saturated heterocycles. The fourth-order valence-corrected chi connectivity index (χ4v) is 1.48. The van der Waals surface area contributed by atoms with Crippen molar-refractivity contribution in [2.75, 3.05) is 23.8 Å². The Balaban J connectivity index is 2.25. The molecule has 0 bridgehead atoms. The SMILES string of the molecule is CCNc1cc(N(C)c2ccccn2)ncn1. The van der Waals surface area contributed by atoms with Crippen molar-refractivity contribution in [2.24, 2.45) is 0 Å². The van der Waals surface area contributed by atoms with Crippen LogP contribution >= 0.6 is 0 Å². The van der Waals surface area contributed by atoms with E-state index in [-0.39, 0.29) is 0 Å². The van der Waals surface area contributed by atoms with Crippen molar-refractivity contribution in [1.82, 2.24) is 15.0 Å². The Morgan fingerprint density at radius 3 is 2.76 bits per heavy atom. The molecule has 0 spiro atoms. The molecule has 0 aliphatic carbocycles. The molecule has 2 aromatic rings. The van der Waals surface area contributed by atoms with E-state index in [0.29, 0.717) is 0 Å². The predicted octanol–water partition coefficient (Wildman–Crippen LogP) is 2.07. The van der Waals surface area contributed by atoms with E-state index in [9.17, 15) is 0 Å². The third-order valence-corrected chi connectivity index (χ3v) is 2.35. The number of hydrogen-bond acceptors (Lipinski definition) is 5. The smallest absolute Gasteiger partial charge is 0.139 e. The van der Waals surface area contributed by atoms with Gasteiger partial charge in [-0.05, 0) is 19.1 Å². The number of hydrogen-bond donors (Lipinski definition) is 1. The number of nitrogens with one attached hydrogen (secondary N) is 1. The van der Waals surface area contributed by atoms with E-state index in [1.165, 1.54) is 0 Å². The van der Waals surface area contributed by atoms with Crippen LogP contribution in [-0.4, -0.2) is 28.5 Å². The molecule has 0 saturated carbocycles. The van der Waals surface area contributed by atoms with Gasteiger partial charge in [0.2, 0.25) is 0 Å². The fourth-order valence-electron chi connectivity index (χ4n) is 1.48. The third kappa shape index (κ3) is 2.69. The topological polar surface area (TPSA) is 53.9 Å². The summed E-state index contributed by atoms with van der Waals surface area (Å²) >= 11 is 0. The van der Waals surface area contributed by atoms with Gasteiger partial charge in [-0.2, -0.15) is 0 Å². The highest BCUT2D eigenvalue weighted by Gasteiger charge is 2.06. The van der Waals surface area contributed by atoms with Crippen molar-refractivity contribution in [2.45, 2.75) is 6.92 Å². The molecule has 0 unspecified atom stereocenters. The van der Waals surface area contributed by atoms with Gasteiger partial charge in [0.25, 0.3) is 0 Å². The summed E-state index contributed by atoms with van der Waals surface area (Å²) in [4.78, 5) is 14.6. The average Bonchev–Trinajstić information content (AvgIpc) is 2.40. The summed E-state index contributed by atoms with van der Waals surface area (Å²) in [5, 5.41) is 3.16. The maximum atomic E-state index is 4.28. The molecule has 0 atom stereocenters. The minimum absolute atomic E-state index is 0.814. The van der Waals surface area contributed by atoms with Crippen molar-refractivity contribution >= 4 is 17.5 Å². The lowest BCUT2D eigenvalue weighted by Crippen LogP contribution is -2.13. The summed E-state index contributed by atoms with van der Waals surface area (Å²) in [6.07, 6.45) is 3.31. The first-order valence-corrected chi connectivity index (χ1v) is 5.52. The van der Waals surface area contributed by atoms with Crippen LogP contribution in [-0.2, 0) is 0 Å². The van der Waals surface area contributed by atoms with Gasteiger partial charge in [-0.3, -0.25) is 0 Å². The van der Waals surface area contributed by atoms with Gasteiger partial charge >= 0.3 is 0 Å². The first-order valence-electron chi connectivity index (χ1n) is 5.52. The molecule has 2 rings (SSSR count). The van der Waals surface area contributed by atoms with Gasteiger partial charge in [-0.15, -0.1) is 0 Å². The van der Waals surface area contributed by atoms with E-state index in [0.717, 1.165) is 24.0 Å². The number of rotatable bonds is 4. The molecule has 0 aliphatic rings. The summed E-state index contributed by atoms with van der Waals surface area (Å²) in [5.41, 5.74) is 0. The molecule has 88 valence electrons. The second kappa shape index (κ2) is 5.25. The Labute approximate surface area is 101 Å². The minimum Gasteiger partial charge on any atom is -0.370 e. The molecule has 0 radical (unpaired) electrons. The Morgan fingerprint density at radius 2 is 2.06 bits per heavy atom. The van der Waals surface area contributed by atoms with Crippen LogP contribution in [0.2, 0.25) is 0 Å². The minimum atomic E-state index is 0.814. The predicted molar refractivity (Wildman–Crippen MR) is 68.5 cm³/mol. The monoisotopic (exact) mass is 229 g/mol. The van der Waals surface area contributed by atoms with Crippen LogP contribution in [0, 0.1) is 0 Å². The van der Waals surface area contributed by atoms with Gasteiger partial charge in [0.15, 0.2) is 0 Å². The Morgan fingerprint density at radius 1 is 1.18 bits per heavy atom. The quantitative estimate of drug-likeness (QED) is 0.869. The molecule has 5 heteroatoms. The Hall–Kier alpha value is -2.17. The van der Waals surface area contributed by atoms with Crippen LogP contribution in [0.4, 0.5) is 17.5 Å². The van der Waals surface area contributed by atoms with Gasteiger partial charge in [-0.25, -0.2) is 15.0 Å². The van der Waals surface area contributed by atoms with Crippen LogP contribution in [0.15, 0.2) is 36.8 Å². The van der Waals surface area contributed by atoms with Gasteiger partial charge in [-0.1, -0.05) is 6.07 Å². The van der Waals surface area contributed by atoms with Crippen LogP contribution < -0.4 is 10.2 Å². The van der Waals surface area contributed by atoms with E-state index in [1.54, 1.807) is 12.5 Å². The normalized spacial score (nSPS) is 10.0. The molecule has 5 nitrogen and oxygen atoms in total. The van der Waals surface area contributed by atoms with Gasteiger partial charge in [0.1, 0.15) is 23.8 Å². The first-order chi connectivity index (χ1) is 8.31. The lowest BCUT2D eigenvalue weighted by Gasteiger charge is -2.17. The van der Waals surface area contributed by atoms with Crippen molar-refractivity contribution in [1.29, 1.82) is 0 Å². The van der Waals surface area contributed by atoms with Crippen LogP contribution in [0.25, 0.3) is 0 Å². The van der Waals surface area contributed by atoms with Gasteiger partial charge in [0.05, 0.1) is 0 Å². The summed E-state index contributed by atoms with van der Waals surface area (Å²) in [6, 6.07) is 7.68. The number of aromatic nitrogens is 3. The average molecular weight is 229 g/mol. The van der Waals surface area contributed by atoms with E-state index in [4.69, 9.17) is 0 Å². The van der Waals surface area contributed by atoms with E-state index < -0.39 is 0 Å². The molecule has 17 heavy (non-hydrogen) atoms. The highest BCUT2D eigenvalue weighted by molar-refractivity contribution is 5.57. The summed E-state index contributed by atoms with van der Waals surface area (Å²) < 4.78 is 0. The van der Waals surface area contributed by atoms with E-state index >= 15 is 0 Å². The van der Waals surface area contributed by atoms with Crippen molar-refractivity contribution in [3.63, 3.8) is 0 Å². The first kappa shape index (κ1) is 11.3. The van der Waals surface area contributed by atoms with Crippen LogP contribution in [0.5, 0.6) is 0 Å². The largest absolute Gasteiger partial charge is 0.370 e. The molecular formula is C12H15N5. The summed E-state index contributed by atoms with van der Waals surface area (Å²) in [6.45, 7) is 2.87. The molecule has 0 aromatic carbocycles. The second-order valence-electron chi connectivity index (χ2n) is 3.54. The third-order valence-electron chi connectivity index (χ3n) is 2.35. The zero-order valence-corrected chi connectivity index (χ0v) is 9.96. The van der Waals surface area contributed by atoms with E-state index in [2.05, 4.69) is 20.3 Å². The standard InChI is InChI=1S/C12H15N5/c1-3-13-10-8-12(16-9-15-10)17(2)11-6-4-5-7-14-11/h4-9H,3H2,1-2H3,(H,13,15,16). The highest BCUT2D eigenvalue weighted by Crippen LogP contribution is 2.19. The number of anilines is 3. The summed E-state index contributed by atoms with van der Waals surface area (Å²) in [5.74, 6) is 2.49. The molecule has 1 N–H and O–H groups in total. The Bertz CT molecular complexity index is 471. The van der Waals surface area contributed by atoms with Crippen molar-refractivity contribution < 1.29 is 0 Å². The zero-order chi connectivity index (χ0) is 12.1. The highest BCUT2D eigenvalue weighted by atomic mass is 15.2. The maximum Gasteiger partial charge on any atom is 0.139 e. The molecule has 0 amide bonds. The van der Waals surface area contributed by atoms with Crippen LogP contribution in [0.1, 0.15) is 6.92 Å². The van der Waals surface area contributed by atoms with Crippen LogP contribution in [0.3, 0.4) is 0 Å². The van der Waals surface area contributed by atoms with Crippen molar-refractivity contribution in [3.05, 3.63) is 36.8 Å². The fraction of sp³-hybridized carbons (Fsp3) is 0.250. The zero-order valence-electron chi connectivity index (χ0n) is 9.96. The molecule has 2 heterocycles. The maximum absolute atomic E-state index is 4.28. The van der Waals surface area contributed by atoms with E-state index in [1.807, 2.05) is 43.1 Å². The van der Waals surface area contributed by atoms with Crippen molar-refractivity contribution in [3.8, 4) is 0 Å². The molecule has 0 fully saturated rings. The Kier molecular flexibility index (Phi) is 3.49. The second-order valence-corrected chi connectivity index (χ2v) is 3.54. The number of nitrogens with zero attached hydrogens (tertiary/aromatic N) is 4. The lowest BCUT2D eigenvalue weighted by molar-refractivity contribution is 1.04. The molecular weight excluding hydrogens is 214 g/mol. The van der Waals surface area contributed by atoms with Gasteiger partial charge in [0, 0.05) is 25.9 Å². The molecule has 2 aromatic heterocycles. The lowest BCUT2D eigenvalue weighted by atomic mass is 10.4. The molecule has 0 aliphatic heterocycles. The van der Waals surface area contributed by atoms with Gasteiger partial charge < -0.3 is 10.2 Å². The summed E-state index contributed by atoms with van der Waals surface area (Å²) in [7, 11) is 1.93. The number of pyridine rings is 1.